The van der Waals surface area contributed by atoms with E-state index in [4.69, 9.17) is 9.15 Å². The summed E-state index contributed by atoms with van der Waals surface area (Å²) in [7, 11) is 1.62. The number of rotatable bonds is 3. The molecule has 0 aliphatic carbocycles. The van der Waals surface area contributed by atoms with Gasteiger partial charge in [-0.2, -0.15) is 0 Å². The van der Waals surface area contributed by atoms with Gasteiger partial charge in [0.15, 0.2) is 5.76 Å². The number of halogens is 1. The first-order valence-electron chi connectivity index (χ1n) is 8.93. The van der Waals surface area contributed by atoms with E-state index in [-0.39, 0.29) is 23.5 Å². The number of hydrogen-bond acceptors (Lipinski definition) is 4. The Morgan fingerprint density at radius 1 is 1.30 bits per heavy atom. The highest BCUT2D eigenvalue weighted by molar-refractivity contribution is 5.99. The SMILES string of the molecule is COc1ccccc1C1CNCCN1C(=O)c1oc2ccc(F)cc2c1C. The van der Waals surface area contributed by atoms with Crippen LogP contribution in [0.5, 0.6) is 5.75 Å². The molecule has 1 atom stereocenters. The number of benzene rings is 2. The van der Waals surface area contributed by atoms with Crippen LogP contribution in [0.4, 0.5) is 4.39 Å². The number of carbonyl (C=O) groups excluding carboxylic acids is 1. The summed E-state index contributed by atoms with van der Waals surface area (Å²) >= 11 is 0. The number of methoxy groups -OCH3 is 1. The van der Waals surface area contributed by atoms with E-state index in [1.54, 1.807) is 25.0 Å². The second-order valence-corrected chi connectivity index (χ2v) is 6.66. The van der Waals surface area contributed by atoms with Crippen LogP contribution in [-0.2, 0) is 0 Å². The minimum atomic E-state index is -0.348. The molecule has 0 radical (unpaired) electrons. The van der Waals surface area contributed by atoms with Crippen LogP contribution in [0.1, 0.15) is 27.7 Å². The van der Waals surface area contributed by atoms with Crippen molar-refractivity contribution in [1.82, 2.24) is 10.2 Å². The van der Waals surface area contributed by atoms with Gasteiger partial charge in [-0.05, 0) is 31.2 Å². The zero-order chi connectivity index (χ0) is 19.0. The zero-order valence-electron chi connectivity index (χ0n) is 15.3. The third-order valence-electron chi connectivity index (χ3n) is 5.09. The maximum absolute atomic E-state index is 13.6. The Morgan fingerprint density at radius 3 is 2.93 bits per heavy atom. The highest BCUT2D eigenvalue weighted by Gasteiger charge is 2.33. The lowest BCUT2D eigenvalue weighted by Gasteiger charge is -2.36. The predicted octanol–water partition coefficient (Wildman–Crippen LogP) is 3.68. The number of amides is 1. The van der Waals surface area contributed by atoms with Crippen molar-refractivity contribution < 1.29 is 18.3 Å². The van der Waals surface area contributed by atoms with Crippen LogP contribution in [0.25, 0.3) is 11.0 Å². The molecule has 0 spiro atoms. The molecule has 0 saturated carbocycles. The largest absolute Gasteiger partial charge is 0.496 e. The Kier molecular flexibility index (Phi) is 4.58. The van der Waals surface area contributed by atoms with Gasteiger partial charge in [0.25, 0.3) is 5.91 Å². The summed E-state index contributed by atoms with van der Waals surface area (Å²) in [6.07, 6.45) is 0. The van der Waals surface area contributed by atoms with Gasteiger partial charge in [-0.1, -0.05) is 18.2 Å². The van der Waals surface area contributed by atoms with Gasteiger partial charge >= 0.3 is 0 Å². The fourth-order valence-electron chi connectivity index (χ4n) is 3.69. The molecule has 3 aromatic rings. The molecular formula is C21H21FN2O3. The van der Waals surface area contributed by atoms with Crippen LogP contribution in [0.2, 0.25) is 0 Å². The van der Waals surface area contributed by atoms with E-state index in [1.807, 2.05) is 24.3 Å². The smallest absolute Gasteiger partial charge is 0.290 e. The average Bonchev–Trinajstić information content (AvgIpc) is 3.03. The zero-order valence-corrected chi connectivity index (χ0v) is 15.3. The van der Waals surface area contributed by atoms with E-state index in [0.29, 0.717) is 36.2 Å². The predicted molar refractivity (Wildman–Crippen MR) is 101 cm³/mol. The van der Waals surface area contributed by atoms with Crippen molar-refractivity contribution in [2.45, 2.75) is 13.0 Å². The van der Waals surface area contributed by atoms with E-state index in [2.05, 4.69) is 5.32 Å². The van der Waals surface area contributed by atoms with E-state index < -0.39 is 0 Å². The Morgan fingerprint density at radius 2 is 2.11 bits per heavy atom. The molecule has 1 amide bonds. The second-order valence-electron chi connectivity index (χ2n) is 6.66. The summed E-state index contributed by atoms with van der Waals surface area (Å²) in [6, 6.07) is 11.8. The summed E-state index contributed by atoms with van der Waals surface area (Å²) < 4.78 is 24.9. The van der Waals surface area contributed by atoms with E-state index >= 15 is 0 Å². The first-order valence-corrected chi connectivity index (χ1v) is 8.93. The topological polar surface area (TPSA) is 54.7 Å². The van der Waals surface area contributed by atoms with Crippen molar-refractivity contribution in [2.75, 3.05) is 26.7 Å². The van der Waals surface area contributed by atoms with Crippen LogP contribution in [0, 0.1) is 12.7 Å². The first kappa shape index (κ1) is 17.5. The quantitative estimate of drug-likeness (QED) is 0.766. The lowest BCUT2D eigenvalue weighted by atomic mass is 10.0. The van der Waals surface area contributed by atoms with Crippen molar-refractivity contribution in [2.24, 2.45) is 0 Å². The molecule has 140 valence electrons. The molecule has 1 N–H and O–H groups in total. The lowest BCUT2D eigenvalue weighted by molar-refractivity contribution is 0.0600. The van der Waals surface area contributed by atoms with E-state index in [9.17, 15) is 9.18 Å². The Labute approximate surface area is 156 Å². The molecule has 1 aromatic heterocycles. The van der Waals surface area contributed by atoms with Gasteiger partial charge in [0, 0.05) is 36.1 Å². The number of nitrogens with one attached hydrogen (secondary N) is 1. The molecule has 1 unspecified atom stereocenters. The number of aryl methyl sites for hydroxylation is 1. The summed E-state index contributed by atoms with van der Waals surface area (Å²) in [6.45, 7) is 3.66. The molecule has 4 rings (SSSR count). The van der Waals surface area contributed by atoms with Gasteiger partial charge < -0.3 is 19.4 Å². The normalized spacial score (nSPS) is 17.3. The Hall–Kier alpha value is -2.86. The monoisotopic (exact) mass is 368 g/mol. The van der Waals surface area contributed by atoms with Gasteiger partial charge in [-0.3, -0.25) is 4.79 Å². The molecule has 0 bridgehead atoms. The maximum Gasteiger partial charge on any atom is 0.290 e. The number of ether oxygens (including phenoxy) is 1. The minimum absolute atomic E-state index is 0.174. The summed E-state index contributed by atoms with van der Waals surface area (Å²) in [4.78, 5) is 15.1. The number of nitrogens with zero attached hydrogens (tertiary/aromatic N) is 1. The molecule has 5 nitrogen and oxygen atoms in total. The minimum Gasteiger partial charge on any atom is -0.496 e. The van der Waals surface area contributed by atoms with Crippen molar-refractivity contribution in [1.29, 1.82) is 0 Å². The summed E-state index contributed by atoms with van der Waals surface area (Å²) in [5.41, 5.74) is 2.12. The lowest BCUT2D eigenvalue weighted by Crippen LogP contribution is -2.48. The van der Waals surface area contributed by atoms with Crippen molar-refractivity contribution in [3.8, 4) is 5.75 Å². The molecule has 1 fully saturated rings. The van der Waals surface area contributed by atoms with Crippen LogP contribution in [-0.4, -0.2) is 37.6 Å². The average molecular weight is 368 g/mol. The van der Waals surface area contributed by atoms with Crippen LogP contribution in [0.15, 0.2) is 46.9 Å². The fraction of sp³-hybridized carbons (Fsp3) is 0.286. The van der Waals surface area contributed by atoms with Crippen LogP contribution < -0.4 is 10.1 Å². The number of piperazine rings is 1. The number of para-hydroxylation sites is 1. The molecule has 6 heteroatoms. The molecule has 27 heavy (non-hydrogen) atoms. The third-order valence-corrected chi connectivity index (χ3v) is 5.09. The Bertz CT molecular complexity index is 998. The van der Waals surface area contributed by atoms with Gasteiger partial charge in [0.1, 0.15) is 17.1 Å². The molecule has 1 saturated heterocycles. The van der Waals surface area contributed by atoms with Gasteiger partial charge in [0.05, 0.1) is 13.2 Å². The van der Waals surface area contributed by atoms with Crippen molar-refractivity contribution in [3.63, 3.8) is 0 Å². The second kappa shape index (κ2) is 7.04. The van der Waals surface area contributed by atoms with Crippen LogP contribution >= 0.6 is 0 Å². The summed E-state index contributed by atoms with van der Waals surface area (Å²) in [5.74, 6) is 0.464. The number of furan rings is 1. The number of carbonyl (C=O) groups is 1. The highest BCUT2D eigenvalue weighted by atomic mass is 19.1. The third kappa shape index (κ3) is 3.06. The van der Waals surface area contributed by atoms with Crippen molar-refractivity contribution in [3.05, 3.63) is 65.2 Å². The summed E-state index contributed by atoms with van der Waals surface area (Å²) in [5, 5.41) is 3.97. The maximum atomic E-state index is 13.6. The molecule has 2 aromatic carbocycles. The standard InChI is InChI=1S/C21H21FN2O3/c1-13-16-11-14(22)7-8-19(16)27-20(13)21(25)24-10-9-23-12-17(24)15-5-3-4-6-18(15)26-2/h3-8,11,17,23H,9-10,12H2,1-2H3. The fourth-order valence-corrected chi connectivity index (χ4v) is 3.69. The highest BCUT2D eigenvalue weighted by Crippen LogP contribution is 2.33. The molecule has 2 heterocycles. The van der Waals surface area contributed by atoms with Crippen molar-refractivity contribution >= 4 is 16.9 Å². The van der Waals surface area contributed by atoms with Gasteiger partial charge in [0.2, 0.25) is 0 Å². The van der Waals surface area contributed by atoms with Gasteiger partial charge in [-0.15, -0.1) is 0 Å². The first-order chi connectivity index (χ1) is 13.1. The molecule has 1 aliphatic rings. The van der Waals surface area contributed by atoms with Crippen LogP contribution in [0.3, 0.4) is 0 Å². The molecule has 1 aliphatic heterocycles. The number of fused-ring (bicyclic) bond motifs is 1. The Balaban J connectivity index is 1.74. The molecular weight excluding hydrogens is 347 g/mol. The van der Waals surface area contributed by atoms with E-state index in [1.165, 1.54) is 12.1 Å². The number of hydrogen-bond donors (Lipinski definition) is 1. The van der Waals surface area contributed by atoms with Gasteiger partial charge in [-0.25, -0.2) is 4.39 Å². The van der Waals surface area contributed by atoms with E-state index in [0.717, 1.165) is 11.3 Å².